The van der Waals surface area contributed by atoms with Crippen molar-refractivity contribution in [2.24, 2.45) is 0 Å². The Bertz CT molecular complexity index is 1050. The Labute approximate surface area is 160 Å². The summed E-state index contributed by atoms with van der Waals surface area (Å²) in [4.78, 5) is 16.7. The standard InChI is InChI=1S/C18H18N2O5S2/c1-11-4-6-12(7-5-11)27(22,23)10-15(21)19-18-20-16-13(24-2)8-9-14(25-3)17(16)26-18/h4-9H,10H2,1-3H3,(H,19,20,21). The van der Waals surface area contributed by atoms with E-state index in [1.165, 1.54) is 37.7 Å². The molecule has 1 heterocycles. The Morgan fingerprint density at radius 3 is 2.33 bits per heavy atom. The molecular formula is C18H18N2O5S2. The van der Waals surface area contributed by atoms with Gasteiger partial charge in [0.2, 0.25) is 5.91 Å². The molecule has 0 unspecified atom stereocenters. The number of thiazole rings is 1. The molecule has 7 nitrogen and oxygen atoms in total. The maximum Gasteiger partial charge on any atom is 0.241 e. The van der Waals surface area contributed by atoms with E-state index in [2.05, 4.69) is 10.3 Å². The number of aromatic nitrogens is 1. The van der Waals surface area contributed by atoms with Crippen molar-refractivity contribution < 1.29 is 22.7 Å². The Kier molecular flexibility index (Phi) is 5.33. The number of anilines is 1. The number of amides is 1. The van der Waals surface area contributed by atoms with E-state index in [-0.39, 0.29) is 10.0 Å². The minimum absolute atomic E-state index is 0.107. The maximum absolute atomic E-state index is 12.4. The average Bonchev–Trinajstić information content (AvgIpc) is 3.04. The van der Waals surface area contributed by atoms with Crippen molar-refractivity contribution in [3.63, 3.8) is 0 Å². The third kappa shape index (κ3) is 4.04. The van der Waals surface area contributed by atoms with Crippen LogP contribution in [-0.4, -0.2) is 39.3 Å². The number of carbonyl (C=O) groups is 1. The van der Waals surface area contributed by atoms with Gasteiger partial charge < -0.3 is 14.8 Å². The Hall–Kier alpha value is -2.65. The van der Waals surface area contributed by atoms with Crippen molar-refractivity contribution in [2.75, 3.05) is 25.3 Å². The van der Waals surface area contributed by atoms with Crippen LogP contribution in [0.2, 0.25) is 0 Å². The van der Waals surface area contributed by atoms with Crippen LogP contribution in [0.15, 0.2) is 41.3 Å². The molecule has 0 atom stereocenters. The predicted octanol–water partition coefficient (Wildman–Crippen LogP) is 3.03. The SMILES string of the molecule is COc1ccc(OC)c2sc(NC(=O)CS(=O)(=O)c3ccc(C)cc3)nc12. The third-order valence-corrected chi connectivity index (χ3v) is 6.48. The first-order valence-electron chi connectivity index (χ1n) is 7.95. The topological polar surface area (TPSA) is 94.6 Å². The van der Waals surface area contributed by atoms with Crippen LogP contribution in [0.4, 0.5) is 5.13 Å². The van der Waals surface area contributed by atoms with E-state index in [9.17, 15) is 13.2 Å². The van der Waals surface area contributed by atoms with Gasteiger partial charge in [-0.2, -0.15) is 0 Å². The molecule has 27 heavy (non-hydrogen) atoms. The van der Waals surface area contributed by atoms with Gasteiger partial charge in [-0.1, -0.05) is 29.0 Å². The number of hydrogen-bond donors (Lipinski definition) is 1. The van der Waals surface area contributed by atoms with Crippen LogP contribution in [0.1, 0.15) is 5.56 Å². The van der Waals surface area contributed by atoms with Gasteiger partial charge in [0.25, 0.3) is 0 Å². The number of methoxy groups -OCH3 is 2. The molecule has 0 saturated heterocycles. The van der Waals surface area contributed by atoms with Gasteiger partial charge >= 0.3 is 0 Å². The molecule has 0 saturated carbocycles. The first-order chi connectivity index (χ1) is 12.8. The minimum Gasteiger partial charge on any atom is -0.495 e. The summed E-state index contributed by atoms with van der Waals surface area (Å²) in [5, 5.41) is 2.82. The van der Waals surface area contributed by atoms with Crippen molar-refractivity contribution >= 4 is 42.4 Å². The maximum atomic E-state index is 12.4. The van der Waals surface area contributed by atoms with Gasteiger partial charge in [0.05, 0.1) is 19.1 Å². The Morgan fingerprint density at radius 2 is 1.70 bits per heavy atom. The monoisotopic (exact) mass is 406 g/mol. The fourth-order valence-corrected chi connectivity index (χ4v) is 4.62. The van der Waals surface area contributed by atoms with E-state index in [1.54, 1.807) is 24.3 Å². The quantitative estimate of drug-likeness (QED) is 0.676. The molecule has 2 aromatic carbocycles. The van der Waals surface area contributed by atoms with Gasteiger partial charge in [-0.15, -0.1) is 0 Å². The number of fused-ring (bicyclic) bond motifs is 1. The molecular weight excluding hydrogens is 388 g/mol. The molecule has 0 bridgehead atoms. The smallest absolute Gasteiger partial charge is 0.241 e. The summed E-state index contributed by atoms with van der Waals surface area (Å²) in [6, 6.07) is 9.83. The van der Waals surface area contributed by atoms with Gasteiger partial charge in [0.15, 0.2) is 15.0 Å². The molecule has 3 rings (SSSR count). The highest BCUT2D eigenvalue weighted by Gasteiger charge is 2.21. The van der Waals surface area contributed by atoms with Crippen LogP contribution in [0, 0.1) is 6.92 Å². The minimum atomic E-state index is -3.74. The van der Waals surface area contributed by atoms with Crippen molar-refractivity contribution in [3.8, 4) is 11.5 Å². The Morgan fingerprint density at radius 1 is 1.07 bits per heavy atom. The van der Waals surface area contributed by atoms with Crippen molar-refractivity contribution in [1.82, 2.24) is 4.98 Å². The van der Waals surface area contributed by atoms with Crippen molar-refractivity contribution in [1.29, 1.82) is 0 Å². The number of benzene rings is 2. The van der Waals surface area contributed by atoms with E-state index in [1.807, 2.05) is 6.92 Å². The number of sulfone groups is 1. The third-order valence-electron chi connectivity index (χ3n) is 3.86. The van der Waals surface area contributed by atoms with Gasteiger partial charge in [0, 0.05) is 0 Å². The summed E-state index contributed by atoms with van der Waals surface area (Å²) in [5.41, 5.74) is 1.48. The zero-order valence-electron chi connectivity index (χ0n) is 15.0. The van der Waals surface area contributed by atoms with Crippen LogP contribution in [0.5, 0.6) is 11.5 Å². The lowest BCUT2D eigenvalue weighted by atomic mass is 10.2. The second kappa shape index (κ2) is 7.53. The highest BCUT2D eigenvalue weighted by molar-refractivity contribution is 7.92. The summed E-state index contributed by atoms with van der Waals surface area (Å²) in [7, 11) is -0.681. The summed E-state index contributed by atoms with van der Waals surface area (Å²) in [6.45, 7) is 1.86. The number of nitrogens with zero attached hydrogens (tertiary/aromatic N) is 1. The molecule has 3 aromatic rings. The van der Waals surface area contributed by atoms with Gasteiger partial charge in [-0.05, 0) is 31.2 Å². The molecule has 142 valence electrons. The fourth-order valence-electron chi connectivity index (χ4n) is 2.50. The Balaban J connectivity index is 1.82. The molecule has 0 aliphatic carbocycles. The zero-order chi connectivity index (χ0) is 19.6. The molecule has 9 heteroatoms. The lowest BCUT2D eigenvalue weighted by Gasteiger charge is -2.05. The van der Waals surface area contributed by atoms with E-state index in [4.69, 9.17) is 9.47 Å². The molecule has 1 N–H and O–H groups in total. The lowest BCUT2D eigenvalue weighted by molar-refractivity contribution is -0.113. The number of aryl methyl sites for hydroxylation is 1. The fraction of sp³-hybridized carbons (Fsp3) is 0.222. The molecule has 1 aromatic heterocycles. The second-order valence-corrected chi connectivity index (χ2v) is 8.78. The number of ether oxygens (including phenoxy) is 2. The largest absolute Gasteiger partial charge is 0.495 e. The first kappa shape index (κ1) is 19.1. The highest BCUT2D eigenvalue weighted by atomic mass is 32.2. The number of nitrogens with one attached hydrogen (secondary N) is 1. The average molecular weight is 406 g/mol. The lowest BCUT2D eigenvalue weighted by Crippen LogP contribution is -2.22. The van der Waals surface area contributed by atoms with Crippen molar-refractivity contribution in [2.45, 2.75) is 11.8 Å². The highest BCUT2D eigenvalue weighted by Crippen LogP contribution is 2.38. The molecule has 0 aliphatic heterocycles. The van der Waals surface area contributed by atoms with E-state index < -0.39 is 21.5 Å². The molecule has 1 amide bonds. The van der Waals surface area contributed by atoms with E-state index in [0.717, 1.165) is 5.56 Å². The normalized spacial score (nSPS) is 11.4. The summed E-state index contributed by atoms with van der Waals surface area (Å²) in [6.07, 6.45) is 0. The molecule has 0 spiro atoms. The summed E-state index contributed by atoms with van der Waals surface area (Å²) < 4.78 is 36.1. The molecule has 0 radical (unpaired) electrons. The molecule has 0 aliphatic rings. The summed E-state index contributed by atoms with van der Waals surface area (Å²) >= 11 is 1.19. The van der Waals surface area contributed by atoms with Gasteiger partial charge in [-0.25, -0.2) is 13.4 Å². The van der Waals surface area contributed by atoms with Crippen molar-refractivity contribution in [3.05, 3.63) is 42.0 Å². The van der Waals surface area contributed by atoms with Crippen LogP contribution >= 0.6 is 11.3 Å². The first-order valence-corrected chi connectivity index (χ1v) is 10.4. The van der Waals surface area contributed by atoms with Crippen LogP contribution in [-0.2, 0) is 14.6 Å². The predicted molar refractivity (Wildman–Crippen MR) is 105 cm³/mol. The number of rotatable bonds is 6. The zero-order valence-corrected chi connectivity index (χ0v) is 16.6. The number of hydrogen-bond acceptors (Lipinski definition) is 7. The van der Waals surface area contributed by atoms with E-state index >= 15 is 0 Å². The number of carbonyl (C=O) groups excluding carboxylic acids is 1. The second-order valence-electron chi connectivity index (χ2n) is 5.79. The van der Waals surface area contributed by atoms with Gasteiger partial charge in [0.1, 0.15) is 27.5 Å². The van der Waals surface area contributed by atoms with Crippen LogP contribution in [0.25, 0.3) is 10.2 Å². The van der Waals surface area contributed by atoms with Crippen LogP contribution < -0.4 is 14.8 Å². The van der Waals surface area contributed by atoms with Crippen LogP contribution in [0.3, 0.4) is 0 Å². The van der Waals surface area contributed by atoms with E-state index in [0.29, 0.717) is 21.7 Å². The molecule has 0 fully saturated rings. The van der Waals surface area contributed by atoms with Gasteiger partial charge in [-0.3, -0.25) is 4.79 Å². The summed E-state index contributed by atoms with van der Waals surface area (Å²) in [5.74, 6) is -0.196.